The minimum atomic E-state index is 0.124. The zero-order valence-corrected chi connectivity index (χ0v) is 14.5. The van der Waals surface area contributed by atoms with Gasteiger partial charge in [0.25, 0.3) is 0 Å². The first kappa shape index (κ1) is 17.3. The Kier molecular flexibility index (Phi) is 6.35. The normalized spacial score (nSPS) is 12.0. The molecule has 0 spiro atoms. The maximum Gasteiger partial charge on any atom is 0.0642 e. The Morgan fingerprint density at radius 1 is 1.25 bits per heavy atom. The van der Waals surface area contributed by atoms with Crippen molar-refractivity contribution < 1.29 is 0 Å². The fourth-order valence-corrected chi connectivity index (χ4v) is 2.26. The first-order valence-electron chi connectivity index (χ1n) is 7.43. The number of nitrogens with zero attached hydrogens (tertiary/aromatic N) is 1. The number of rotatable bonds is 6. The van der Waals surface area contributed by atoms with Crippen molar-refractivity contribution in [3.63, 3.8) is 0 Å². The van der Waals surface area contributed by atoms with E-state index in [1.165, 1.54) is 12.0 Å². The maximum absolute atomic E-state index is 6.42. The molecule has 2 nitrogen and oxygen atoms in total. The molecule has 1 N–H and O–H groups in total. The summed E-state index contributed by atoms with van der Waals surface area (Å²) in [5.41, 5.74) is 2.47. The first-order chi connectivity index (χ1) is 9.19. The van der Waals surface area contributed by atoms with E-state index in [4.69, 9.17) is 11.6 Å². The van der Waals surface area contributed by atoms with Gasteiger partial charge in [0.2, 0.25) is 0 Å². The molecule has 0 saturated carbocycles. The summed E-state index contributed by atoms with van der Waals surface area (Å²) >= 11 is 6.42. The molecule has 0 heterocycles. The molecule has 0 fully saturated rings. The van der Waals surface area contributed by atoms with Crippen molar-refractivity contribution in [2.24, 2.45) is 5.92 Å². The van der Waals surface area contributed by atoms with Gasteiger partial charge in [0.05, 0.1) is 10.7 Å². The fraction of sp³-hybridized carbons (Fsp3) is 0.647. The van der Waals surface area contributed by atoms with E-state index in [9.17, 15) is 0 Å². The Morgan fingerprint density at radius 2 is 1.90 bits per heavy atom. The lowest BCUT2D eigenvalue weighted by Crippen LogP contribution is -2.35. The molecule has 0 amide bonds. The van der Waals surface area contributed by atoms with Gasteiger partial charge >= 0.3 is 0 Å². The van der Waals surface area contributed by atoms with Crippen LogP contribution in [0.15, 0.2) is 18.2 Å². The average Bonchev–Trinajstić information content (AvgIpc) is 2.32. The fourth-order valence-electron chi connectivity index (χ4n) is 1.91. The molecule has 3 heteroatoms. The second kappa shape index (κ2) is 7.33. The van der Waals surface area contributed by atoms with E-state index in [1.807, 2.05) is 0 Å². The van der Waals surface area contributed by atoms with Crippen LogP contribution in [0, 0.1) is 5.92 Å². The third kappa shape index (κ3) is 6.15. The summed E-state index contributed by atoms with van der Waals surface area (Å²) in [4.78, 5) is 2.24. The molecule has 1 aromatic rings. The molecule has 0 saturated heterocycles. The van der Waals surface area contributed by atoms with Crippen LogP contribution in [0.5, 0.6) is 0 Å². The largest absolute Gasteiger partial charge is 0.373 e. The third-order valence-corrected chi connectivity index (χ3v) is 3.59. The van der Waals surface area contributed by atoms with Crippen LogP contribution in [0.2, 0.25) is 5.02 Å². The van der Waals surface area contributed by atoms with Crippen molar-refractivity contribution >= 4 is 17.3 Å². The smallest absolute Gasteiger partial charge is 0.0642 e. The van der Waals surface area contributed by atoms with Gasteiger partial charge in [-0.2, -0.15) is 0 Å². The highest BCUT2D eigenvalue weighted by Crippen LogP contribution is 2.26. The van der Waals surface area contributed by atoms with E-state index in [1.54, 1.807) is 0 Å². The lowest BCUT2D eigenvalue weighted by Gasteiger charge is -2.23. The molecular weight excluding hydrogens is 268 g/mol. The average molecular weight is 297 g/mol. The minimum Gasteiger partial charge on any atom is -0.373 e. The van der Waals surface area contributed by atoms with E-state index in [0.717, 1.165) is 23.8 Å². The number of benzene rings is 1. The van der Waals surface area contributed by atoms with Gasteiger partial charge in [0.15, 0.2) is 0 Å². The Bertz CT molecular complexity index is 421. The van der Waals surface area contributed by atoms with Crippen LogP contribution < -0.4 is 10.2 Å². The summed E-state index contributed by atoms with van der Waals surface area (Å²) in [6.07, 6.45) is 1.18. The second-order valence-electron chi connectivity index (χ2n) is 6.99. The lowest BCUT2D eigenvalue weighted by molar-refractivity contribution is 0.424. The second-order valence-corrected chi connectivity index (χ2v) is 7.40. The van der Waals surface area contributed by atoms with Crippen LogP contribution in [0.25, 0.3) is 0 Å². The lowest BCUT2D eigenvalue weighted by atomic mass is 10.1. The Balaban J connectivity index is 2.67. The van der Waals surface area contributed by atoms with Crippen LogP contribution in [-0.4, -0.2) is 19.1 Å². The summed E-state index contributed by atoms with van der Waals surface area (Å²) in [5, 5.41) is 4.32. The van der Waals surface area contributed by atoms with E-state index in [2.05, 4.69) is 70.1 Å². The predicted octanol–water partition coefficient (Wildman–Crippen LogP) is 4.71. The highest BCUT2D eigenvalue weighted by Gasteiger charge is 2.11. The summed E-state index contributed by atoms with van der Waals surface area (Å²) in [7, 11) is 2.11. The first-order valence-corrected chi connectivity index (χ1v) is 7.81. The molecule has 0 aliphatic carbocycles. The molecular formula is C17H29ClN2. The molecule has 0 aliphatic rings. The monoisotopic (exact) mass is 296 g/mol. The number of nitrogens with one attached hydrogen (secondary N) is 1. The molecule has 1 aromatic carbocycles. The summed E-state index contributed by atoms with van der Waals surface area (Å²) in [5.74, 6) is 0.714. The van der Waals surface area contributed by atoms with Crippen LogP contribution in [0.4, 0.5) is 5.69 Å². The Morgan fingerprint density at radius 3 is 2.40 bits per heavy atom. The molecule has 1 rings (SSSR count). The molecule has 0 radical (unpaired) electrons. The quantitative estimate of drug-likeness (QED) is 0.818. The number of anilines is 1. The zero-order valence-electron chi connectivity index (χ0n) is 13.8. The van der Waals surface area contributed by atoms with Crippen molar-refractivity contribution in [2.45, 2.75) is 53.1 Å². The minimum absolute atomic E-state index is 0.124. The van der Waals surface area contributed by atoms with Gasteiger partial charge < -0.3 is 10.2 Å². The molecule has 114 valence electrons. The molecule has 0 aliphatic heterocycles. The summed E-state index contributed by atoms with van der Waals surface area (Å²) in [6.45, 7) is 12.9. The van der Waals surface area contributed by atoms with Gasteiger partial charge in [-0.05, 0) is 50.8 Å². The Hall–Kier alpha value is -0.730. The van der Waals surface area contributed by atoms with Gasteiger partial charge in [0.1, 0.15) is 0 Å². The van der Waals surface area contributed by atoms with E-state index >= 15 is 0 Å². The van der Waals surface area contributed by atoms with Gasteiger partial charge in [-0.1, -0.05) is 31.5 Å². The molecule has 0 unspecified atom stereocenters. The summed E-state index contributed by atoms with van der Waals surface area (Å²) < 4.78 is 0. The van der Waals surface area contributed by atoms with Crippen molar-refractivity contribution in [2.75, 3.05) is 18.5 Å². The molecule has 0 bridgehead atoms. The van der Waals surface area contributed by atoms with Crippen LogP contribution in [-0.2, 0) is 6.54 Å². The number of halogens is 1. The zero-order chi connectivity index (χ0) is 15.3. The van der Waals surface area contributed by atoms with E-state index in [0.29, 0.717) is 5.92 Å². The third-order valence-electron chi connectivity index (χ3n) is 3.29. The van der Waals surface area contributed by atoms with Crippen molar-refractivity contribution in [3.05, 3.63) is 28.8 Å². The highest BCUT2D eigenvalue weighted by molar-refractivity contribution is 6.33. The van der Waals surface area contributed by atoms with Crippen LogP contribution in [0.3, 0.4) is 0 Å². The Labute approximate surface area is 129 Å². The van der Waals surface area contributed by atoms with Crippen molar-refractivity contribution in [1.29, 1.82) is 0 Å². The van der Waals surface area contributed by atoms with Gasteiger partial charge in [-0.25, -0.2) is 0 Å². The maximum atomic E-state index is 6.42. The topological polar surface area (TPSA) is 15.3 Å². The molecule has 20 heavy (non-hydrogen) atoms. The number of hydrogen-bond acceptors (Lipinski definition) is 2. The van der Waals surface area contributed by atoms with Crippen LogP contribution >= 0.6 is 11.6 Å². The van der Waals surface area contributed by atoms with Gasteiger partial charge in [-0.15, -0.1) is 0 Å². The molecule has 0 atom stereocenters. The van der Waals surface area contributed by atoms with E-state index < -0.39 is 0 Å². The number of hydrogen-bond donors (Lipinski definition) is 1. The van der Waals surface area contributed by atoms with E-state index in [-0.39, 0.29) is 5.54 Å². The molecule has 0 aromatic heterocycles. The van der Waals surface area contributed by atoms with Gasteiger partial charge in [-0.3, -0.25) is 0 Å². The summed E-state index contributed by atoms with van der Waals surface area (Å²) in [6, 6.07) is 6.36. The van der Waals surface area contributed by atoms with Crippen LogP contribution in [0.1, 0.15) is 46.6 Å². The van der Waals surface area contributed by atoms with Gasteiger partial charge in [0, 0.05) is 25.7 Å². The van der Waals surface area contributed by atoms with Crippen molar-refractivity contribution in [3.8, 4) is 0 Å². The predicted molar refractivity (Wildman–Crippen MR) is 90.8 cm³/mol. The standard InChI is InChI=1S/C17H29ClN2/c1-13(2)9-10-20(6)16-8-7-14(11-15(16)18)12-19-17(3,4)5/h7-8,11,13,19H,9-10,12H2,1-6H3. The SMILES string of the molecule is CC(C)CCN(C)c1ccc(CNC(C)(C)C)cc1Cl. The van der Waals surface area contributed by atoms with Crippen molar-refractivity contribution in [1.82, 2.24) is 5.32 Å². The highest BCUT2D eigenvalue weighted by atomic mass is 35.5.